The Kier molecular flexibility index (Phi) is 8.28. The monoisotopic (exact) mass is 608 g/mol. The third-order valence-electron chi connectivity index (χ3n) is 7.80. The lowest BCUT2D eigenvalue weighted by Crippen LogP contribution is -2.44. The second kappa shape index (κ2) is 12.4. The van der Waals surface area contributed by atoms with Crippen LogP contribution in [0.3, 0.4) is 0 Å². The molecule has 1 amide bonds. The highest BCUT2D eigenvalue weighted by molar-refractivity contribution is 6.33. The number of halogens is 1. The number of amides is 1. The molecule has 0 unspecified atom stereocenters. The Labute approximate surface area is 260 Å². The molecule has 1 saturated heterocycles. The summed E-state index contributed by atoms with van der Waals surface area (Å²) in [4.78, 5) is 43.3. The van der Waals surface area contributed by atoms with Gasteiger partial charge in [0.25, 0.3) is 5.56 Å². The number of carbonyl (C=O) groups excluding carboxylic acids is 1. The van der Waals surface area contributed by atoms with Crippen LogP contribution in [0, 0.1) is 0 Å². The van der Waals surface area contributed by atoms with Gasteiger partial charge >= 0.3 is 0 Å². The number of aromatic nitrogens is 4. The SMILES string of the molecule is CCn1c(=O)c(-c2ccc(-c3ccc(NC(C)=O)nc3)cc2Cl)cc2cnc(Nc3ccc(N4CCN(C)CC4)cc3)nc21. The molecule has 0 saturated carbocycles. The predicted molar refractivity (Wildman–Crippen MR) is 177 cm³/mol. The topological polar surface area (TPSA) is 108 Å². The van der Waals surface area contributed by atoms with Gasteiger partial charge in [0, 0.05) is 90.5 Å². The van der Waals surface area contributed by atoms with Gasteiger partial charge in [-0.15, -0.1) is 0 Å². The van der Waals surface area contributed by atoms with Gasteiger partial charge in [-0.2, -0.15) is 4.98 Å². The summed E-state index contributed by atoms with van der Waals surface area (Å²) in [7, 11) is 2.15. The van der Waals surface area contributed by atoms with Crippen LogP contribution >= 0.6 is 11.6 Å². The fraction of sp³-hybridized carbons (Fsp3) is 0.242. The van der Waals surface area contributed by atoms with E-state index in [0.29, 0.717) is 40.1 Å². The van der Waals surface area contributed by atoms with Gasteiger partial charge in [-0.1, -0.05) is 23.7 Å². The van der Waals surface area contributed by atoms with Crippen molar-refractivity contribution in [3.05, 3.63) is 88.4 Å². The number of rotatable bonds is 7. The number of nitrogens with one attached hydrogen (secondary N) is 2. The number of pyridine rings is 2. The second-order valence-corrected chi connectivity index (χ2v) is 11.3. The van der Waals surface area contributed by atoms with Crippen molar-refractivity contribution in [1.82, 2.24) is 24.4 Å². The number of anilines is 4. The first-order valence-corrected chi connectivity index (χ1v) is 14.9. The molecule has 0 bridgehead atoms. The van der Waals surface area contributed by atoms with Gasteiger partial charge in [-0.3, -0.25) is 14.2 Å². The zero-order valence-electron chi connectivity index (χ0n) is 24.8. The van der Waals surface area contributed by atoms with Crippen molar-refractivity contribution in [3.8, 4) is 22.3 Å². The number of nitrogens with zero attached hydrogens (tertiary/aromatic N) is 6. The third-order valence-corrected chi connectivity index (χ3v) is 8.11. The molecule has 2 N–H and O–H groups in total. The highest BCUT2D eigenvalue weighted by Crippen LogP contribution is 2.32. The number of piperazine rings is 1. The highest BCUT2D eigenvalue weighted by atomic mass is 35.5. The lowest BCUT2D eigenvalue weighted by molar-refractivity contribution is -0.114. The van der Waals surface area contributed by atoms with Crippen molar-refractivity contribution < 1.29 is 4.79 Å². The van der Waals surface area contributed by atoms with Crippen LogP contribution < -0.4 is 21.1 Å². The molecule has 0 atom stereocenters. The average Bonchev–Trinajstić information content (AvgIpc) is 3.02. The van der Waals surface area contributed by atoms with E-state index in [-0.39, 0.29) is 11.5 Å². The summed E-state index contributed by atoms with van der Waals surface area (Å²) in [5, 5.41) is 7.11. The quantitative estimate of drug-likeness (QED) is 0.244. The van der Waals surface area contributed by atoms with E-state index in [9.17, 15) is 9.59 Å². The summed E-state index contributed by atoms with van der Waals surface area (Å²) >= 11 is 6.74. The molecule has 0 radical (unpaired) electrons. The maximum atomic E-state index is 13.7. The molecule has 0 spiro atoms. The number of hydrogen-bond acceptors (Lipinski definition) is 8. The molecule has 224 valence electrons. The molecule has 1 aliphatic rings. The van der Waals surface area contributed by atoms with Crippen LogP contribution in [0.15, 0.2) is 77.9 Å². The number of carbonyl (C=O) groups is 1. The minimum atomic E-state index is -0.185. The molecular weight excluding hydrogens is 576 g/mol. The molecule has 1 aliphatic heterocycles. The molecule has 10 nitrogen and oxygen atoms in total. The van der Waals surface area contributed by atoms with E-state index in [1.165, 1.54) is 12.6 Å². The fourth-order valence-corrected chi connectivity index (χ4v) is 5.67. The van der Waals surface area contributed by atoms with E-state index in [4.69, 9.17) is 16.6 Å². The molecule has 5 aromatic rings. The van der Waals surface area contributed by atoms with Crippen molar-refractivity contribution in [1.29, 1.82) is 0 Å². The Bertz CT molecular complexity index is 1880. The van der Waals surface area contributed by atoms with E-state index in [1.807, 2.05) is 43.3 Å². The first-order chi connectivity index (χ1) is 21.3. The molecule has 6 rings (SSSR count). The molecule has 0 aliphatic carbocycles. The molecule has 1 fully saturated rings. The minimum Gasteiger partial charge on any atom is -0.369 e. The maximum Gasteiger partial charge on any atom is 0.260 e. The predicted octanol–water partition coefficient (Wildman–Crippen LogP) is 5.65. The smallest absolute Gasteiger partial charge is 0.260 e. The lowest BCUT2D eigenvalue weighted by Gasteiger charge is -2.34. The van der Waals surface area contributed by atoms with Gasteiger partial charge in [-0.25, -0.2) is 9.97 Å². The Morgan fingerprint density at radius 1 is 0.909 bits per heavy atom. The molecule has 4 heterocycles. The van der Waals surface area contributed by atoms with Crippen LogP contribution in [-0.4, -0.2) is 63.6 Å². The van der Waals surface area contributed by atoms with Crippen molar-refractivity contribution in [2.45, 2.75) is 20.4 Å². The third kappa shape index (κ3) is 6.13. The normalized spacial score (nSPS) is 13.7. The molecule has 3 aromatic heterocycles. The zero-order valence-corrected chi connectivity index (χ0v) is 25.6. The Morgan fingerprint density at radius 2 is 1.66 bits per heavy atom. The fourth-order valence-electron chi connectivity index (χ4n) is 5.39. The van der Waals surface area contributed by atoms with Crippen LogP contribution in [0.5, 0.6) is 0 Å². The van der Waals surface area contributed by atoms with Gasteiger partial charge in [0.05, 0.1) is 0 Å². The first kappa shape index (κ1) is 29.3. The summed E-state index contributed by atoms with van der Waals surface area (Å²) < 4.78 is 1.64. The van der Waals surface area contributed by atoms with Crippen LogP contribution in [0.2, 0.25) is 5.02 Å². The Hall–Kier alpha value is -4.80. The summed E-state index contributed by atoms with van der Waals surface area (Å²) in [6, 6.07) is 19.2. The number of aryl methyl sites for hydroxylation is 1. The van der Waals surface area contributed by atoms with Crippen molar-refractivity contribution in [2.75, 3.05) is 48.8 Å². The van der Waals surface area contributed by atoms with Crippen LogP contribution in [0.25, 0.3) is 33.3 Å². The first-order valence-electron chi connectivity index (χ1n) is 14.5. The summed E-state index contributed by atoms with van der Waals surface area (Å²) in [5.41, 5.74) is 5.19. The van der Waals surface area contributed by atoms with Crippen molar-refractivity contribution in [2.24, 2.45) is 0 Å². The van der Waals surface area contributed by atoms with Gasteiger partial charge in [0.2, 0.25) is 11.9 Å². The van der Waals surface area contributed by atoms with Gasteiger partial charge < -0.3 is 20.4 Å². The molecule has 44 heavy (non-hydrogen) atoms. The standard InChI is InChI=1S/C33H33ClN8O2/c1-4-42-31-24(20-36-33(39-31)38-25-7-9-26(10-8-25)41-15-13-40(3)14-16-41)17-28(32(42)44)27-11-5-22(18-29(27)34)23-6-12-30(35-19-23)37-21(2)43/h5-12,17-20H,4,13-16H2,1-3H3,(H,35,37,43)(H,36,38,39). The van der Waals surface area contributed by atoms with Crippen molar-refractivity contribution in [3.63, 3.8) is 0 Å². The van der Waals surface area contributed by atoms with Crippen LogP contribution in [0.4, 0.5) is 23.1 Å². The van der Waals surface area contributed by atoms with E-state index < -0.39 is 0 Å². The second-order valence-electron chi connectivity index (χ2n) is 10.9. The van der Waals surface area contributed by atoms with E-state index in [0.717, 1.165) is 48.4 Å². The number of fused-ring (bicyclic) bond motifs is 1. The van der Waals surface area contributed by atoms with E-state index in [1.54, 1.807) is 29.1 Å². The van der Waals surface area contributed by atoms with Crippen LogP contribution in [0.1, 0.15) is 13.8 Å². The number of benzene rings is 2. The van der Waals surface area contributed by atoms with Crippen LogP contribution in [-0.2, 0) is 11.3 Å². The zero-order chi connectivity index (χ0) is 30.8. The van der Waals surface area contributed by atoms with Crippen molar-refractivity contribution >= 4 is 51.7 Å². The minimum absolute atomic E-state index is 0.183. The number of hydrogen-bond donors (Lipinski definition) is 2. The summed E-state index contributed by atoms with van der Waals surface area (Å²) in [6.45, 7) is 7.91. The lowest BCUT2D eigenvalue weighted by atomic mass is 10.0. The van der Waals surface area contributed by atoms with Gasteiger partial charge in [0.1, 0.15) is 11.5 Å². The molecule has 2 aromatic carbocycles. The van der Waals surface area contributed by atoms with E-state index >= 15 is 0 Å². The molecule has 11 heteroatoms. The summed E-state index contributed by atoms with van der Waals surface area (Å²) in [5.74, 6) is 0.703. The number of likely N-dealkylation sites (N-methyl/N-ethyl adjacent to an activating group) is 1. The average molecular weight is 609 g/mol. The Balaban J connectivity index is 1.25. The van der Waals surface area contributed by atoms with Gasteiger partial charge in [0.15, 0.2) is 0 Å². The highest BCUT2D eigenvalue weighted by Gasteiger charge is 2.17. The maximum absolute atomic E-state index is 13.7. The molecular formula is C33H33ClN8O2. The largest absolute Gasteiger partial charge is 0.369 e. The van der Waals surface area contributed by atoms with E-state index in [2.05, 4.69) is 49.6 Å². The van der Waals surface area contributed by atoms with Gasteiger partial charge in [-0.05, 0) is 68.1 Å². The Morgan fingerprint density at radius 3 is 2.32 bits per heavy atom. The summed E-state index contributed by atoms with van der Waals surface area (Å²) in [6.07, 6.45) is 3.39.